The fraction of sp³-hybridized carbons (Fsp3) is 0.190. The number of hydrogen-bond acceptors (Lipinski definition) is 4. The van der Waals surface area contributed by atoms with Gasteiger partial charge in [-0.25, -0.2) is 14.3 Å². The van der Waals surface area contributed by atoms with E-state index in [1.54, 1.807) is 53.2 Å². The van der Waals surface area contributed by atoms with Crippen LogP contribution in [0.3, 0.4) is 0 Å². The molecule has 0 fully saturated rings. The lowest BCUT2D eigenvalue weighted by Gasteiger charge is -2.07. The molecule has 0 amide bonds. The average Bonchev–Trinajstić information content (AvgIpc) is 3.08. The molecule has 0 aliphatic rings. The molecule has 28 heavy (non-hydrogen) atoms. The number of carbonyl (C=O) groups excluding carboxylic acids is 1. The Hall–Kier alpha value is -3.12. The second-order valence-electron chi connectivity index (χ2n) is 6.18. The van der Waals surface area contributed by atoms with Crippen LogP contribution in [0.5, 0.6) is 0 Å². The van der Waals surface area contributed by atoms with E-state index < -0.39 is 11.9 Å². The molecule has 0 aliphatic heterocycles. The highest BCUT2D eigenvalue weighted by molar-refractivity contribution is 6.30. The van der Waals surface area contributed by atoms with Gasteiger partial charge in [0.05, 0.1) is 24.1 Å². The van der Waals surface area contributed by atoms with Gasteiger partial charge in [0.1, 0.15) is 11.3 Å². The Balaban J connectivity index is 2.17. The van der Waals surface area contributed by atoms with Crippen LogP contribution in [0.15, 0.2) is 48.5 Å². The van der Waals surface area contributed by atoms with Crippen LogP contribution < -0.4 is 0 Å². The third-order valence-corrected chi connectivity index (χ3v) is 4.58. The van der Waals surface area contributed by atoms with Gasteiger partial charge < -0.3 is 9.84 Å². The molecule has 0 aliphatic carbocycles. The van der Waals surface area contributed by atoms with Gasteiger partial charge in [0.15, 0.2) is 0 Å². The van der Waals surface area contributed by atoms with Crippen molar-refractivity contribution in [2.75, 3.05) is 7.11 Å². The van der Waals surface area contributed by atoms with Crippen LogP contribution in [0, 0.1) is 0 Å². The summed E-state index contributed by atoms with van der Waals surface area (Å²) in [5.74, 6) is -1.50. The zero-order valence-corrected chi connectivity index (χ0v) is 16.2. The molecule has 0 unspecified atom stereocenters. The molecule has 0 spiro atoms. The molecule has 0 saturated heterocycles. The summed E-state index contributed by atoms with van der Waals surface area (Å²) in [5, 5.41) is 15.1. The fourth-order valence-corrected chi connectivity index (χ4v) is 3.15. The number of ether oxygens (including phenoxy) is 1. The number of esters is 1. The molecule has 144 valence electrons. The molecule has 0 radical (unpaired) electrons. The monoisotopic (exact) mass is 398 g/mol. The minimum Gasteiger partial charge on any atom is -0.478 e. The van der Waals surface area contributed by atoms with E-state index >= 15 is 0 Å². The number of carbonyl (C=O) groups is 2. The first-order chi connectivity index (χ1) is 13.5. The standard InChI is InChI=1S/C21H19ClN2O4/c1-3-4-17-18(20(25)26)19(13-5-7-14(8-6-13)21(27)28-2)23-24(17)16-11-9-15(22)10-12-16/h5-12H,3-4H2,1-2H3,(H,25,26). The summed E-state index contributed by atoms with van der Waals surface area (Å²) in [6.45, 7) is 1.98. The van der Waals surface area contributed by atoms with E-state index in [0.717, 1.165) is 12.1 Å². The Morgan fingerprint density at radius 2 is 1.75 bits per heavy atom. The minimum absolute atomic E-state index is 0.155. The zero-order chi connectivity index (χ0) is 20.3. The largest absolute Gasteiger partial charge is 0.478 e. The zero-order valence-electron chi connectivity index (χ0n) is 15.5. The van der Waals surface area contributed by atoms with E-state index in [4.69, 9.17) is 16.3 Å². The van der Waals surface area contributed by atoms with Gasteiger partial charge in [-0.1, -0.05) is 37.1 Å². The van der Waals surface area contributed by atoms with Crippen LogP contribution in [-0.4, -0.2) is 33.9 Å². The highest BCUT2D eigenvalue weighted by Crippen LogP contribution is 2.29. The molecule has 1 N–H and O–H groups in total. The minimum atomic E-state index is -1.05. The van der Waals surface area contributed by atoms with E-state index in [1.807, 2.05) is 6.92 Å². The predicted octanol–water partition coefficient (Wildman–Crippen LogP) is 4.63. The third-order valence-electron chi connectivity index (χ3n) is 4.33. The molecule has 6 nitrogen and oxygen atoms in total. The number of methoxy groups -OCH3 is 1. The van der Waals surface area contributed by atoms with E-state index in [9.17, 15) is 14.7 Å². The van der Waals surface area contributed by atoms with Gasteiger partial charge in [0, 0.05) is 10.6 Å². The highest BCUT2D eigenvalue weighted by Gasteiger charge is 2.25. The lowest BCUT2D eigenvalue weighted by molar-refractivity contribution is 0.0599. The molecular weight excluding hydrogens is 380 g/mol. The second kappa shape index (κ2) is 8.27. The summed E-state index contributed by atoms with van der Waals surface area (Å²) in [6.07, 6.45) is 1.32. The Morgan fingerprint density at radius 3 is 2.29 bits per heavy atom. The Morgan fingerprint density at radius 1 is 1.11 bits per heavy atom. The topological polar surface area (TPSA) is 81.4 Å². The maximum atomic E-state index is 12.1. The summed E-state index contributed by atoms with van der Waals surface area (Å²) in [6, 6.07) is 13.6. The van der Waals surface area contributed by atoms with Crippen molar-refractivity contribution in [1.82, 2.24) is 9.78 Å². The van der Waals surface area contributed by atoms with Crippen molar-refractivity contribution in [1.29, 1.82) is 0 Å². The van der Waals surface area contributed by atoms with E-state index in [-0.39, 0.29) is 5.56 Å². The normalized spacial score (nSPS) is 10.7. The average molecular weight is 399 g/mol. The Kier molecular flexibility index (Phi) is 5.80. The number of benzene rings is 2. The lowest BCUT2D eigenvalue weighted by atomic mass is 10.0. The maximum absolute atomic E-state index is 12.1. The SMILES string of the molecule is CCCc1c(C(=O)O)c(-c2ccc(C(=O)OC)cc2)nn1-c1ccc(Cl)cc1. The molecule has 0 saturated carbocycles. The molecule has 3 rings (SSSR count). The molecule has 7 heteroatoms. The van der Waals surface area contributed by atoms with Crippen LogP contribution in [0.4, 0.5) is 0 Å². The van der Waals surface area contributed by atoms with Crippen LogP contribution in [0.2, 0.25) is 5.02 Å². The van der Waals surface area contributed by atoms with Crippen LogP contribution in [-0.2, 0) is 11.2 Å². The Labute approximate surface area is 167 Å². The first-order valence-electron chi connectivity index (χ1n) is 8.76. The molecular formula is C21H19ClN2O4. The van der Waals surface area contributed by atoms with Gasteiger partial charge in [-0.05, 0) is 42.8 Å². The van der Waals surface area contributed by atoms with E-state index in [0.29, 0.717) is 34.0 Å². The summed E-state index contributed by atoms with van der Waals surface area (Å²) < 4.78 is 6.35. The maximum Gasteiger partial charge on any atom is 0.339 e. The molecule has 0 atom stereocenters. The molecule has 1 aromatic heterocycles. The van der Waals surface area contributed by atoms with E-state index in [2.05, 4.69) is 5.10 Å². The number of nitrogens with zero attached hydrogens (tertiary/aromatic N) is 2. The van der Waals surface area contributed by atoms with Gasteiger partial charge in [-0.3, -0.25) is 0 Å². The number of hydrogen-bond donors (Lipinski definition) is 1. The lowest BCUT2D eigenvalue weighted by Crippen LogP contribution is -2.06. The van der Waals surface area contributed by atoms with Gasteiger partial charge in [0.2, 0.25) is 0 Å². The first kappa shape index (κ1) is 19.6. The van der Waals surface area contributed by atoms with Gasteiger partial charge in [0.25, 0.3) is 0 Å². The summed E-state index contributed by atoms with van der Waals surface area (Å²) in [7, 11) is 1.31. The van der Waals surface area contributed by atoms with E-state index in [1.165, 1.54) is 7.11 Å². The Bertz CT molecular complexity index is 1010. The molecule has 0 bridgehead atoms. The quantitative estimate of drug-likeness (QED) is 0.612. The summed E-state index contributed by atoms with van der Waals surface area (Å²) in [5.41, 5.74) is 2.84. The molecule has 2 aromatic carbocycles. The number of aromatic carboxylic acids is 1. The van der Waals surface area contributed by atoms with Crippen molar-refractivity contribution in [2.24, 2.45) is 0 Å². The number of aromatic nitrogens is 2. The summed E-state index contributed by atoms with van der Waals surface area (Å²) in [4.78, 5) is 23.7. The number of halogens is 1. The van der Waals surface area contributed by atoms with Crippen molar-refractivity contribution in [2.45, 2.75) is 19.8 Å². The third kappa shape index (κ3) is 3.77. The van der Waals surface area contributed by atoms with Crippen molar-refractivity contribution in [3.8, 4) is 16.9 Å². The number of carboxylic acid groups (broad SMARTS) is 1. The smallest absolute Gasteiger partial charge is 0.339 e. The highest BCUT2D eigenvalue weighted by atomic mass is 35.5. The van der Waals surface area contributed by atoms with Gasteiger partial charge >= 0.3 is 11.9 Å². The predicted molar refractivity (Wildman–Crippen MR) is 106 cm³/mol. The molecule has 1 heterocycles. The second-order valence-corrected chi connectivity index (χ2v) is 6.62. The molecule has 3 aromatic rings. The van der Waals surface area contributed by atoms with Crippen molar-refractivity contribution in [3.63, 3.8) is 0 Å². The van der Waals surface area contributed by atoms with Crippen LogP contribution in [0.25, 0.3) is 16.9 Å². The van der Waals surface area contributed by atoms with Gasteiger partial charge in [-0.2, -0.15) is 5.10 Å². The van der Waals surface area contributed by atoms with Crippen molar-refractivity contribution in [3.05, 3.63) is 70.4 Å². The first-order valence-corrected chi connectivity index (χ1v) is 9.14. The van der Waals surface area contributed by atoms with Gasteiger partial charge in [-0.15, -0.1) is 0 Å². The fourth-order valence-electron chi connectivity index (χ4n) is 3.03. The number of rotatable bonds is 6. The van der Waals surface area contributed by atoms with Crippen LogP contribution >= 0.6 is 11.6 Å². The number of carboxylic acids is 1. The van der Waals surface area contributed by atoms with Crippen LogP contribution in [0.1, 0.15) is 39.8 Å². The van der Waals surface area contributed by atoms with Crippen molar-refractivity contribution >= 4 is 23.5 Å². The van der Waals surface area contributed by atoms with Crippen molar-refractivity contribution < 1.29 is 19.4 Å². The summed E-state index contributed by atoms with van der Waals surface area (Å²) >= 11 is 5.97.